The van der Waals surface area contributed by atoms with Crippen LogP contribution in [0, 0.1) is 0 Å². The van der Waals surface area contributed by atoms with E-state index >= 15 is 0 Å². The van der Waals surface area contributed by atoms with Gasteiger partial charge in [-0.25, -0.2) is 0 Å². The molecule has 0 fully saturated rings. The molecule has 1 N–H and O–H groups in total. The van der Waals surface area contributed by atoms with Crippen LogP contribution in [-0.2, 0) is 0 Å². The van der Waals surface area contributed by atoms with E-state index in [0.717, 1.165) is 5.70 Å². The van der Waals surface area contributed by atoms with Gasteiger partial charge in [0.1, 0.15) is 6.17 Å². The fourth-order valence-corrected chi connectivity index (χ4v) is 7.05. The summed E-state index contributed by atoms with van der Waals surface area (Å²) in [6.07, 6.45) is 8.96. The third-order valence-electron chi connectivity index (χ3n) is 9.23. The summed E-state index contributed by atoms with van der Waals surface area (Å²) in [6, 6.07) is 52.8. The molecule has 45 heavy (non-hydrogen) atoms. The lowest BCUT2D eigenvalue weighted by Gasteiger charge is -2.24. The van der Waals surface area contributed by atoms with Crippen molar-refractivity contribution in [2.24, 2.45) is 0 Å². The highest BCUT2D eigenvalue weighted by molar-refractivity contribution is 6.21. The number of benzene rings is 7. The van der Waals surface area contributed by atoms with E-state index in [9.17, 15) is 0 Å². The molecule has 7 aromatic carbocycles. The van der Waals surface area contributed by atoms with Crippen molar-refractivity contribution in [1.29, 1.82) is 0 Å². The van der Waals surface area contributed by atoms with E-state index < -0.39 is 0 Å². The van der Waals surface area contributed by atoms with Crippen LogP contribution >= 0.6 is 0 Å². The maximum absolute atomic E-state index is 3.73. The molecule has 2 heterocycles. The molecule has 1 atom stereocenters. The molecule has 0 amide bonds. The molecule has 7 aromatic rings. The van der Waals surface area contributed by atoms with Gasteiger partial charge in [-0.05, 0) is 89.5 Å². The van der Waals surface area contributed by atoms with Crippen LogP contribution in [0.2, 0.25) is 0 Å². The SMILES string of the molecule is C1=CN2C=C(c3ccc(-c4c5ccccc5c(-c5ccc6ccccc6c5)c5ccccc45)cc3)NC2C=C1c1ccccc1. The Balaban J connectivity index is 1.12. The Bertz CT molecular complexity index is 2290. The average molecular weight is 575 g/mol. The number of allylic oxidation sites excluding steroid dienone is 2. The van der Waals surface area contributed by atoms with E-state index in [0.29, 0.717) is 0 Å². The minimum absolute atomic E-state index is 0.107. The van der Waals surface area contributed by atoms with Gasteiger partial charge in [0.15, 0.2) is 0 Å². The van der Waals surface area contributed by atoms with E-state index in [-0.39, 0.29) is 6.17 Å². The van der Waals surface area contributed by atoms with Gasteiger partial charge in [0.2, 0.25) is 0 Å². The fraction of sp³-hybridized carbons (Fsp3) is 0.0233. The van der Waals surface area contributed by atoms with E-state index in [1.807, 2.05) is 0 Å². The first-order chi connectivity index (χ1) is 22.3. The summed E-state index contributed by atoms with van der Waals surface area (Å²) in [5.41, 5.74) is 9.82. The Morgan fingerprint density at radius 1 is 0.467 bits per heavy atom. The first-order valence-electron chi connectivity index (χ1n) is 15.5. The minimum atomic E-state index is 0.107. The minimum Gasteiger partial charge on any atom is -0.360 e. The van der Waals surface area contributed by atoms with Crippen molar-refractivity contribution in [1.82, 2.24) is 10.2 Å². The van der Waals surface area contributed by atoms with Gasteiger partial charge < -0.3 is 10.2 Å². The van der Waals surface area contributed by atoms with Gasteiger partial charge in [0.05, 0.1) is 5.70 Å². The lowest BCUT2D eigenvalue weighted by molar-refractivity contribution is 0.429. The molecule has 0 saturated heterocycles. The highest BCUT2D eigenvalue weighted by Gasteiger charge is 2.24. The van der Waals surface area contributed by atoms with Gasteiger partial charge in [-0.15, -0.1) is 0 Å². The Morgan fingerprint density at radius 2 is 1.02 bits per heavy atom. The van der Waals surface area contributed by atoms with Crippen LogP contribution in [0.3, 0.4) is 0 Å². The first kappa shape index (κ1) is 25.6. The number of fused-ring (bicyclic) bond motifs is 4. The topological polar surface area (TPSA) is 15.3 Å². The first-order valence-corrected chi connectivity index (χ1v) is 15.5. The molecule has 9 rings (SSSR count). The molecule has 2 heteroatoms. The van der Waals surface area contributed by atoms with Gasteiger partial charge >= 0.3 is 0 Å². The largest absolute Gasteiger partial charge is 0.360 e. The van der Waals surface area contributed by atoms with Crippen molar-refractivity contribution in [3.8, 4) is 22.3 Å². The summed E-state index contributed by atoms with van der Waals surface area (Å²) in [7, 11) is 0. The molecule has 0 aliphatic carbocycles. The molecule has 0 aromatic heterocycles. The molecular formula is C43H30N2. The average Bonchev–Trinajstić information content (AvgIpc) is 3.54. The van der Waals surface area contributed by atoms with Gasteiger partial charge in [-0.1, -0.05) is 140 Å². The molecule has 2 nitrogen and oxygen atoms in total. The molecule has 0 spiro atoms. The maximum atomic E-state index is 3.73. The maximum Gasteiger partial charge on any atom is 0.123 e. The van der Waals surface area contributed by atoms with Crippen molar-refractivity contribution in [2.75, 3.05) is 0 Å². The lowest BCUT2D eigenvalue weighted by Crippen LogP contribution is -2.32. The molecule has 0 bridgehead atoms. The zero-order chi connectivity index (χ0) is 29.7. The van der Waals surface area contributed by atoms with Gasteiger partial charge in [-0.3, -0.25) is 0 Å². The molecule has 1 unspecified atom stereocenters. The summed E-state index contributed by atoms with van der Waals surface area (Å²) < 4.78 is 0. The number of rotatable bonds is 4. The number of hydrogen-bond acceptors (Lipinski definition) is 2. The summed E-state index contributed by atoms with van der Waals surface area (Å²) in [5, 5.41) is 11.3. The third kappa shape index (κ3) is 4.34. The monoisotopic (exact) mass is 574 g/mol. The molecule has 0 saturated carbocycles. The van der Waals surface area contributed by atoms with E-state index in [1.54, 1.807) is 0 Å². The van der Waals surface area contributed by atoms with Gasteiger partial charge in [-0.2, -0.15) is 0 Å². The van der Waals surface area contributed by atoms with E-state index in [2.05, 4.69) is 180 Å². The number of nitrogens with zero attached hydrogens (tertiary/aromatic N) is 1. The van der Waals surface area contributed by atoms with E-state index in [1.165, 1.54) is 71.3 Å². The van der Waals surface area contributed by atoms with Gasteiger partial charge in [0, 0.05) is 12.4 Å². The second-order valence-corrected chi connectivity index (χ2v) is 11.9. The van der Waals surface area contributed by atoms with Crippen LogP contribution < -0.4 is 5.32 Å². The van der Waals surface area contributed by atoms with Crippen molar-refractivity contribution < 1.29 is 0 Å². The van der Waals surface area contributed by atoms with Crippen molar-refractivity contribution in [3.05, 3.63) is 181 Å². The summed E-state index contributed by atoms with van der Waals surface area (Å²) in [4.78, 5) is 2.24. The highest BCUT2D eigenvalue weighted by atomic mass is 15.3. The van der Waals surface area contributed by atoms with Crippen molar-refractivity contribution in [3.63, 3.8) is 0 Å². The predicted molar refractivity (Wildman–Crippen MR) is 190 cm³/mol. The second-order valence-electron chi connectivity index (χ2n) is 11.9. The van der Waals surface area contributed by atoms with Crippen LogP contribution in [0.1, 0.15) is 11.1 Å². The zero-order valence-corrected chi connectivity index (χ0v) is 24.7. The van der Waals surface area contributed by atoms with Crippen LogP contribution in [0.25, 0.3) is 65.8 Å². The molecule has 0 radical (unpaired) electrons. The molecule has 2 aliphatic rings. The normalized spacial score (nSPS) is 15.6. The lowest BCUT2D eigenvalue weighted by atomic mass is 9.85. The standard InChI is InChI=1S/C43H30N2/c1-2-10-29(11-3-1)34-24-25-45-28-40(44-41(45)27-34)31-19-21-32(22-20-31)42-36-14-6-8-16-38(36)43(39-17-9-7-15-37(39)42)35-23-18-30-12-4-5-13-33(30)26-35/h1-28,41,44H. The van der Waals surface area contributed by atoms with Crippen LogP contribution in [0.15, 0.2) is 170 Å². The van der Waals surface area contributed by atoms with Gasteiger partial charge in [0.25, 0.3) is 0 Å². The second kappa shape index (κ2) is 10.4. The quantitative estimate of drug-likeness (QED) is 0.210. The predicted octanol–water partition coefficient (Wildman–Crippen LogP) is 10.6. The van der Waals surface area contributed by atoms with Crippen LogP contribution in [-0.4, -0.2) is 11.1 Å². The molecule has 212 valence electrons. The fourth-order valence-electron chi connectivity index (χ4n) is 7.05. The smallest absolute Gasteiger partial charge is 0.123 e. The summed E-state index contributed by atoms with van der Waals surface area (Å²) in [5.74, 6) is 0. The number of nitrogens with one attached hydrogen (secondary N) is 1. The zero-order valence-electron chi connectivity index (χ0n) is 24.7. The Hall–Kier alpha value is -5.86. The summed E-state index contributed by atoms with van der Waals surface area (Å²) >= 11 is 0. The van der Waals surface area contributed by atoms with Crippen LogP contribution in [0.4, 0.5) is 0 Å². The Labute approximate surface area is 262 Å². The Kier molecular flexibility index (Phi) is 5.92. The van der Waals surface area contributed by atoms with Crippen LogP contribution in [0.5, 0.6) is 0 Å². The Morgan fingerprint density at radius 3 is 1.71 bits per heavy atom. The highest BCUT2D eigenvalue weighted by Crippen LogP contribution is 2.44. The van der Waals surface area contributed by atoms with E-state index in [4.69, 9.17) is 0 Å². The van der Waals surface area contributed by atoms with Crippen molar-refractivity contribution >= 4 is 43.6 Å². The third-order valence-corrected chi connectivity index (χ3v) is 9.23. The molecule has 2 aliphatic heterocycles. The number of hydrogen-bond donors (Lipinski definition) is 1. The summed E-state index contributed by atoms with van der Waals surface area (Å²) in [6.45, 7) is 0. The molecular weight excluding hydrogens is 544 g/mol. The van der Waals surface area contributed by atoms with Crippen molar-refractivity contribution in [2.45, 2.75) is 6.17 Å².